The number of aliphatic hydroxyl groups is 1. The first kappa shape index (κ1) is 15.3. The van der Waals surface area contributed by atoms with Crippen LogP contribution in [0, 0.1) is 11.8 Å². The molecule has 0 radical (unpaired) electrons. The molecule has 2 aromatic carbocycles. The molecule has 0 aliphatic heterocycles. The lowest BCUT2D eigenvalue weighted by Crippen LogP contribution is -2.32. The summed E-state index contributed by atoms with van der Waals surface area (Å²) in [6, 6.07) is 16.6. The minimum atomic E-state index is -0.335. The van der Waals surface area contributed by atoms with Crippen LogP contribution < -0.4 is 4.90 Å². The van der Waals surface area contributed by atoms with Gasteiger partial charge in [-0.15, -0.1) is 0 Å². The van der Waals surface area contributed by atoms with Crippen molar-refractivity contribution in [3.05, 3.63) is 64.6 Å². The van der Waals surface area contributed by atoms with Gasteiger partial charge in [-0.1, -0.05) is 40.0 Å². The summed E-state index contributed by atoms with van der Waals surface area (Å²) in [6.07, 6.45) is 0. The molecule has 4 heteroatoms. The van der Waals surface area contributed by atoms with E-state index < -0.39 is 0 Å². The van der Waals surface area contributed by atoms with E-state index in [1.54, 1.807) is 0 Å². The van der Waals surface area contributed by atoms with Crippen LogP contribution in [0.3, 0.4) is 0 Å². The Balaban J connectivity index is 2.18. The highest BCUT2D eigenvalue weighted by Gasteiger charge is 2.12. The standard InChI is InChI=1S/C17H14BrNO2/c18-15-9-6-14(7-10-15)8-11-17(21)19(12-13-20)16-4-2-1-3-5-16/h1-7,9-10,20H,12-13H2. The smallest absolute Gasteiger partial charge is 0.303 e. The Labute approximate surface area is 132 Å². The van der Waals surface area contributed by atoms with E-state index in [0.717, 1.165) is 15.7 Å². The largest absolute Gasteiger partial charge is 0.395 e. The van der Waals surface area contributed by atoms with Gasteiger partial charge in [-0.25, -0.2) is 0 Å². The van der Waals surface area contributed by atoms with Crippen molar-refractivity contribution in [1.29, 1.82) is 0 Å². The van der Waals surface area contributed by atoms with Gasteiger partial charge in [0.1, 0.15) is 0 Å². The third kappa shape index (κ3) is 4.45. The van der Waals surface area contributed by atoms with Crippen molar-refractivity contribution in [3.8, 4) is 11.8 Å². The Morgan fingerprint density at radius 3 is 2.38 bits per heavy atom. The van der Waals surface area contributed by atoms with Gasteiger partial charge >= 0.3 is 5.91 Å². The van der Waals surface area contributed by atoms with Crippen LogP contribution in [-0.4, -0.2) is 24.2 Å². The minimum absolute atomic E-state index is 0.111. The first-order valence-electron chi connectivity index (χ1n) is 6.45. The van der Waals surface area contributed by atoms with E-state index >= 15 is 0 Å². The Morgan fingerprint density at radius 1 is 1.10 bits per heavy atom. The second-order valence-electron chi connectivity index (χ2n) is 4.27. The van der Waals surface area contributed by atoms with Gasteiger partial charge in [0.05, 0.1) is 6.61 Å². The zero-order chi connectivity index (χ0) is 15.1. The number of nitrogens with zero attached hydrogens (tertiary/aromatic N) is 1. The van der Waals surface area contributed by atoms with Crippen LogP contribution >= 0.6 is 15.9 Å². The fraction of sp³-hybridized carbons (Fsp3) is 0.118. The van der Waals surface area contributed by atoms with Crippen molar-refractivity contribution >= 4 is 27.5 Å². The molecule has 3 nitrogen and oxygen atoms in total. The van der Waals surface area contributed by atoms with Crippen LogP contribution in [0.2, 0.25) is 0 Å². The number of aliphatic hydroxyl groups excluding tert-OH is 1. The third-order valence-electron chi connectivity index (χ3n) is 2.79. The number of carbonyl (C=O) groups excluding carboxylic acids is 1. The first-order valence-corrected chi connectivity index (χ1v) is 7.25. The summed E-state index contributed by atoms with van der Waals surface area (Å²) in [5.41, 5.74) is 1.49. The number of hydrogen-bond donors (Lipinski definition) is 1. The average Bonchev–Trinajstić information content (AvgIpc) is 2.52. The maximum absolute atomic E-state index is 12.2. The van der Waals surface area contributed by atoms with E-state index in [1.165, 1.54) is 4.90 Å². The van der Waals surface area contributed by atoms with E-state index in [0.29, 0.717) is 0 Å². The van der Waals surface area contributed by atoms with E-state index in [2.05, 4.69) is 27.8 Å². The number of halogens is 1. The molecule has 0 aliphatic carbocycles. The number of para-hydroxylation sites is 1. The van der Waals surface area contributed by atoms with Crippen molar-refractivity contribution in [2.45, 2.75) is 0 Å². The molecule has 0 spiro atoms. The molecule has 0 heterocycles. The molecule has 0 unspecified atom stereocenters. The second kappa shape index (κ2) is 7.63. The number of rotatable bonds is 3. The maximum Gasteiger partial charge on any atom is 0.303 e. The van der Waals surface area contributed by atoms with E-state index in [1.807, 2.05) is 54.6 Å². The molecule has 2 aromatic rings. The van der Waals surface area contributed by atoms with Gasteiger partial charge in [0.25, 0.3) is 0 Å². The first-order chi connectivity index (χ1) is 10.2. The van der Waals surface area contributed by atoms with Gasteiger partial charge in [-0.05, 0) is 36.4 Å². The summed E-state index contributed by atoms with van der Waals surface area (Å²) < 4.78 is 0.963. The van der Waals surface area contributed by atoms with Crippen molar-refractivity contribution in [2.24, 2.45) is 0 Å². The zero-order valence-electron chi connectivity index (χ0n) is 11.3. The second-order valence-corrected chi connectivity index (χ2v) is 5.19. The monoisotopic (exact) mass is 343 g/mol. The molecule has 0 aromatic heterocycles. The molecule has 1 N–H and O–H groups in total. The molecular weight excluding hydrogens is 330 g/mol. The van der Waals surface area contributed by atoms with Gasteiger partial charge in [-0.2, -0.15) is 0 Å². The number of hydrogen-bond acceptors (Lipinski definition) is 2. The summed E-state index contributed by atoms with van der Waals surface area (Å²) >= 11 is 3.35. The molecule has 21 heavy (non-hydrogen) atoms. The van der Waals surface area contributed by atoms with Gasteiger partial charge in [0, 0.05) is 28.2 Å². The molecule has 0 bridgehead atoms. The number of benzene rings is 2. The molecule has 0 saturated carbocycles. The third-order valence-corrected chi connectivity index (χ3v) is 3.32. The predicted octanol–water partition coefficient (Wildman–Crippen LogP) is 2.83. The summed E-state index contributed by atoms with van der Waals surface area (Å²) in [5.74, 6) is 5.11. The molecule has 0 atom stereocenters. The minimum Gasteiger partial charge on any atom is -0.395 e. The number of amides is 1. The average molecular weight is 344 g/mol. The molecule has 1 amide bonds. The van der Waals surface area contributed by atoms with Crippen LogP contribution in [0.1, 0.15) is 5.56 Å². The fourth-order valence-electron chi connectivity index (χ4n) is 1.78. The van der Waals surface area contributed by atoms with E-state index in [-0.39, 0.29) is 19.1 Å². The van der Waals surface area contributed by atoms with E-state index in [9.17, 15) is 4.79 Å². The van der Waals surface area contributed by atoms with Gasteiger partial charge < -0.3 is 5.11 Å². The van der Waals surface area contributed by atoms with Crippen LogP contribution in [0.4, 0.5) is 5.69 Å². The maximum atomic E-state index is 12.2. The van der Waals surface area contributed by atoms with Gasteiger partial charge in [-0.3, -0.25) is 9.69 Å². The molecular formula is C17H14BrNO2. The van der Waals surface area contributed by atoms with Crippen molar-refractivity contribution in [2.75, 3.05) is 18.1 Å². The quantitative estimate of drug-likeness (QED) is 0.870. The normalized spacial score (nSPS) is 9.62. The molecule has 2 rings (SSSR count). The lowest BCUT2D eigenvalue weighted by Gasteiger charge is -2.18. The Bertz CT molecular complexity index is 657. The van der Waals surface area contributed by atoms with Gasteiger partial charge in [0.15, 0.2) is 0 Å². The Kier molecular flexibility index (Phi) is 5.56. The Hall–Kier alpha value is -2.09. The lowest BCUT2D eigenvalue weighted by atomic mass is 10.2. The predicted molar refractivity (Wildman–Crippen MR) is 86.9 cm³/mol. The molecule has 106 valence electrons. The summed E-state index contributed by atoms with van der Waals surface area (Å²) in [7, 11) is 0. The zero-order valence-corrected chi connectivity index (χ0v) is 12.9. The summed E-state index contributed by atoms with van der Waals surface area (Å²) in [6.45, 7) is 0.110. The number of anilines is 1. The highest BCUT2D eigenvalue weighted by Crippen LogP contribution is 2.13. The lowest BCUT2D eigenvalue weighted by molar-refractivity contribution is -0.113. The Morgan fingerprint density at radius 2 is 1.76 bits per heavy atom. The van der Waals surface area contributed by atoms with Crippen LogP contribution in [-0.2, 0) is 4.79 Å². The van der Waals surface area contributed by atoms with Gasteiger partial charge in [0.2, 0.25) is 0 Å². The summed E-state index contributed by atoms with van der Waals surface area (Å²) in [4.78, 5) is 13.7. The van der Waals surface area contributed by atoms with E-state index in [4.69, 9.17) is 5.11 Å². The van der Waals surface area contributed by atoms with Crippen molar-refractivity contribution in [1.82, 2.24) is 0 Å². The van der Waals surface area contributed by atoms with Crippen molar-refractivity contribution in [3.63, 3.8) is 0 Å². The van der Waals surface area contributed by atoms with Crippen LogP contribution in [0.15, 0.2) is 59.1 Å². The molecule has 0 fully saturated rings. The van der Waals surface area contributed by atoms with Crippen molar-refractivity contribution < 1.29 is 9.90 Å². The number of carbonyl (C=O) groups is 1. The molecule has 0 saturated heterocycles. The van der Waals surface area contributed by atoms with Crippen LogP contribution in [0.25, 0.3) is 0 Å². The molecule has 0 aliphatic rings. The highest BCUT2D eigenvalue weighted by molar-refractivity contribution is 9.10. The summed E-state index contributed by atoms with van der Waals surface area (Å²) in [5, 5.41) is 9.12. The highest BCUT2D eigenvalue weighted by atomic mass is 79.9. The SMILES string of the molecule is O=C(C#Cc1ccc(Br)cc1)N(CCO)c1ccccc1. The fourth-order valence-corrected chi connectivity index (χ4v) is 2.05. The topological polar surface area (TPSA) is 40.5 Å². The van der Waals surface area contributed by atoms with Crippen LogP contribution in [0.5, 0.6) is 0 Å².